The molecule has 1 fully saturated rings. The van der Waals surface area contributed by atoms with Crippen molar-refractivity contribution in [2.75, 3.05) is 13.2 Å². The fourth-order valence-electron chi connectivity index (χ4n) is 2.54. The van der Waals surface area contributed by atoms with Crippen molar-refractivity contribution in [2.24, 2.45) is 7.05 Å². The Balaban J connectivity index is 1.76. The number of nitrogens with one attached hydrogen (secondary N) is 1. The molecule has 1 amide bonds. The first-order valence-corrected chi connectivity index (χ1v) is 6.95. The molecular weight excluding hydrogens is 242 g/mol. The SMILES string of the molecule is Cc1nn(C)c(C)c1CCC(=O)NC[C@H]1CCCO1. The molecule has 0 unspecified atom stereocenters. The average Bonchev–Trinajstić information content (AvgIpc) is 2.96. The second kappa shape index (κ2) is 6.19. The van der Waals surface area contributed by atoms with Crippen molar-refractivity contribution in [3.63, 3.8) is 0 Å². The molecule has 1 aliphatic heterocycles. The van der Waals surface area contributed by atoms with Crippen LogP contribution in [0.2, 0.25) is 0 Å². The maximum atomic E-state index is 11.8. The number of aryl methyl sites for hydroxylation is 2. The number of carbonyl (C=O) groups excluding carboxylic acids is 1. The smallest absolute Gasteiger partial charge is 0.220 e. The summed E-state index contributed by atoms with van der Waals surface area (Å²) in [4.78, 5) is 11.8. The van der Waals surface area contributed by atoms with Crippen molar-refractivity contribution < 1.29 is 9.53 Å². The third-order valence-electron chi connectivity index (χ3n) is 3.81. The van der Waals surface area contributed by atoms with Gasteiger partial charge in [0.05, 0.1) is 11.8 Å². The summed E-state index contributed by atoms with van der Waals surface area (Å²) in [6.07, 6.45) is 3.64. The number of carbonyl (C=O) groups is 1. The molecule has 1 aromatic heterocycles. The van der Waals surface area contributed by atoms with Crippen LogP contribution in [0.3, 0.4) is 0 Å². The standard InChI is InChI=1S/C14H23N3O2/c1-10-13(11(2)17(3)16-10)6-7-14(18)15-9-12-5-4-8-19-12/h12H,4-9H2,1-3H3,(H,15,18)/t12-/m1/s1. The maximum absolute atomic E-state index is 11.8. The number of hydrogen-bond acceptors (Lipinski definition) is 3. The molecule has 106 valence electrons. The number of ether oxygens (including phenoxy) is 1. The Morgan fingerprint density at radius 3 is 2.89 bits per heavy atom. The van der Waals surface area contributed by atoms with Crippen LogP contribution < -0.4 is 5.32 Å². The van der Waals surface area contributed by atoms with E-state index in [0.29, 0.717) is 13.0 Å². The van der Waals surface area contributed by atoms with E-state index in [-0.39, 0.29) is 12.0 Å². The van der Waals surface area contributed by atoms with Crippen LogP contribution in [0.5, 0.6) is 0 Å². The molecule has 0 bridgehead atoms. The van der Waals surface area contributed by atoms with Gasteiger partial charge in [-0.15, -0.1) is 0 Å². The summed E-state index contributed by atoms with van der Waals surface area (Å²) < 4.78 is 7.35. The number of hydrogen-bond donors (Lipinski definition) is 1. The van der Waals surface area contributed by atoms with E-state index >= 15 is 0 Å². The van der Waals surface area contributed by atoms with E-state index in [0.717, 1.165) is 37.3 Å². The number of amides is 1. The van der Waals surface area contributed by atoms with E-state index in [4.69, 9.17) is 4.74 Å². The third-order valence-corrected chi connectivity index (χ3v) is 3.81. The van der Waals surface area contributed by atoms with Crippen LogP contribution in [0.1, 0.15) is 36.2 Å². The first kappa shape index (κ1) is 14.1. The summed E-state index contributed by atoms with van der Waals surface area (Å²) in [6, 6.07) is 0. The molecule has 1 aromatic rings. The van der Waals surface area contributed by atoms with E-state index in [1.54, 1.807) is 0 Å². The topological polar surface area (TPSA) is 56.2 Å². The van der Waals surface area contributed by atoms with Crippen LogP contribution in [0.15, 0.2) is 0 Å². The van der Waals surface area contributed by atoms with Crippen LogP contribution in [-0.2, 0) is 23.0 Å². The van der Waals surface area contributed by atoms with Crippen molar-refractivity contribution >= 4 is 5.91 Å². The van der Waals surface area contributed by atoms with Gasteiger partial charge in [0.1, 0.15) is 0 Å². The Labute approximate surface area is 114 Å². The minimum Gasteiger partial charge on any atom is -0.376 e. The zero-order valence-electron chi connectivity index (χ0n) is 12.0. The molecule has 2 rings (SSSR count). The molecule has 2 heterocycles. The molecule has 0 saturated carbocycles. The van der Waals surface area contributed by atoms with Gasteiger partial charge >= 0.3 is 0 Å². The second-order valence-electron chi connectivity index (χ2n) is 5.21. The summed E-state index contributed by atoms with van der Waals surface area (Å²) in [7, 11) is 1.93. The van der Waals surface area contributed by atoms with Gasteiger partial charge in [-0.25, -0.2) is 0 Å². The van der Waals surface area contributed by atoms with Crippen LogP contribution >= 0.6 is 0 Å². The predicted octanol–water partition coefficient (Wildman–Crippen LogP) is 1.26. The molecule has 0 aromatic carbocycles. The van der Waals surface area contributed by atoms with Gasteiger partial charge in [0.25, 0.3) is 0 Å². The second-order valence-corrected chi connectivity index (χ2v) is 5.21. The van der Waals surface area contributed by atoms with Gasteiger partial charge in [0.15, 0.2) is 0 Å². The van der Waals surface area contributed by atoms with E-state index in [2.05, 4.69) is 10.4 Å². The summed E-state index contributed by atoms with van der Waals surface area (Å²) >= 11 is 0. The maximum Gasteiger partial charge on any atom is 0.220 e. The molecule has 19 heavy (non-hydrogen) atoms. The lowest BCUT2D eigenvalue weighted by atomic mass is 10.1. The quantitative estimate of drug-likeness (QED) is 0.872. The molecule has 0 spiro atoms. The van der Waals surface area contributed by atoms with E-state index in [9.17, 15) is 4.79 Å². The number of aromatic nitrogens is 2. The molecule has 5 nitrogen and oxygen atoms in total. The van der Waals surface area contributed by atoms with Crippen molar-refractivity contribution in [1.82, 2.24) is 15.1 Å². The van der Waals surface area contributed by atoms with Crippen molar-refractivity contribution in [1.29, 1.82) is 0 Å². The Morgan fingerprint density at radius 2 is 2.32 bits per heavy atom. The Morgan fingerprint density at radius 1 is 1.53 bits per heavy atom. The molecule has 1 aliphatic rings. The van der Waals surface area contributed by atoms with Crippen LogP contribution in [-0.4, -0.2) is 34.9 Å². The van der Waals surface area contributed by atoms with Gasteiger partial charge in [-0.2, -0.15) is 5.10 Å². The first-order chi connectivity index (χ1) is 9.08. The van der Waals surface area contributed by atoms with Gasteiger partial charge in [-0.05, 0) is 38.7 Å². The molecule has 1 saturated heterocycles. The molecule has 1 atom stereocenters. The normalized spacial score (nSPS) is 18.8. The number of rotatable bonds is 5. The van der Waals surface area contributed by atoms with Crippen LogP contribution in [0.4, 0.5) is 0 Å². The highest BCUT2D eigenvalue weighted by Crippen LogP contribution is 2.14. The van der Waals surface area contributed by atoms with E-state index in [1.165, 1.54) is 5.56 Å². The van der Waals surface area contributed by atoms with Crippen molar-refractivity contribution in [2.45, 2.75) is 45.6 Å². The zero-order valence-corrected chi connectivity index (χ0v) is 12.0. The third kappa shape index (κ3) is 3.56. The lowest BCUT2D eigenvalue weighted by Crippen LogP contribution is -2.31. The Kier molecular flexibility index (Phi) is 4.58. The molecular formula is C14H23N3O2. The van der Waals surface area contributed by atoms with Crippen molar-refractivity contribution in [3.05, 3.63) is 17.0 Å². The number of nitrogens with zero attached hydrogens (tertiary/aromatic N) is 2. The highest BCUT2D eigenvalue weighted by atomic mass is 16.5. The zero-order chi connectivity index (χ0) is 13.8. The van der Waals surface area contributed by atoms with Gasteiger partial charge in [-0.3, -0.25) is 9.48 Å². The largest absolute Gasteiger partial charge is 0.376 e. The van der Waals surface area contributed by atoms with Gasteiger partial charge < -0.3 is 10.1 Å². The molecule has 1 N–H and O–H groups in total. The highest BCUT2D eigenvalue weighted by molar-refractivity contribution is 5.76. The summed E-state index contributed by atoms with van der Waals surface area (Å²) in [6.45, 7) is 5.50. The fourth-order valence-corrected chi connectivity index (χ4v) is 2.54. The monoisotopic (exact) mass is 265 g/mol. The van der Waals surface area contributed by atoms with E-state index < -0.39 is 0 Å². The lowest BCUT2D eigenvalue weighted by molar-refractivity contribution is -0.121. The molecule has 0 radical (unpaired) electrons. The molecule has 5 heteroatoms. The Hall–Kier alpha value is -1.36. The van der Waals surface area contributed by atoms with Gasteiger partial charge in [-0.1, -0.05) is 0 Å². The average molecular weight is 265 g/mol. The van der Waals surface area contributed by atoms with Crippen LogP contribution in [0.25, 0.3) is 0 Å². The summed E-state index contributed by atoms with van der Waals surface area (Å²) in [5, 5.41) is 7.31. The predicted molar refractivity (Wildman–Crippen MR) is 73.0 cm³/mol. The fraction of sp³-hybridized carbons (Fsp3) is 0.714. The minimum absolute atomic E-state index is 0.0955. The molecule has 0 aliphatic carbocycles. The Bertz CT molecular complexity index is 448. The lowest BCUT2D eigenvalue weighted by Gasteiger charge is -2.10. The summed E-state index contributed by atoms with van der Waals surface area (Å²) in [5.74, 6) is 0.0955. The first-order valence-electron chi connectivity index (χ1n) is 6.95. The highest BCUT2D eigenvalue weighted by Gasteiger charge is 2.16. The van der Waals surface area contributed by atoms with Gasteiger partial charge in [0.2, 0.25) is 5.91 Å². The van der Waals surface area contributed by atoms with Gasteiger partial charge in [0, 0.05) is 32.3 Å². The van der Waals surface area contributed by atoms with Crippen molar-refractivity contribution in [3.8, 4) is 0 Å². The van der Waals surface area contributed by atoms with Crippen LogP contribution in [0, 0.1) is 13.8 Å². The minimum atomic E-state index is 0.0955. The summed E-state index contributed by atoms with van der Waals surface area (Å²) in [5.41, 5.74) is 3.35. The van der Waals surface area contributed by atoms with E-state index in [1.807, 2.05) is 25.6 Å².